The lowest BCUT2D eigenvalue weighted by Crippen LogP contribution is -2.29. The zero-order valence-corrected chi connectivity index (χ0v) is 12.7. The molecule has 1 saturated heterocycles. The fourth-order valence-electron chi connectivity index (χ4n) is 2.41. The molecule has 0 spiro atoms. The number of nitrogens with one attached hydrogen (secondary N) is 1. The summed E-state index contributed by atoms with van der Waals surface area (Å²) in [5.41, 5.74) is 0. The van der Waals surface area contributed by atoms with E-state index in [0.717, 1.165) is 12.5 Å². The molecule has 1 fully saturated rings. The molecule has 0 radical (unpaired) electrons. The van der Waals surface area contributed by atoms with E-state index in [1.54, 1.807) is 11.3 Å². The fraction of sp³-hybridized carbons (Fsp3) is 0.714. The molecule has 4 heteroatoms. The monoisotopic (exact) mass is 289 g/mol. The third-order valence-electron chi connectivity index (χ3n) is 3.47. The summed E-state index contributed by atoms with van der Waals surface area (Å²) in [7, 11) is 0. The summed E-state index contributed by atoms with van der Waals surface area (Å²) in [4.78, 5) is 1.34. The number of thiophene rings is 1. The lowest BCUT2D eigenvalue weighted by molar-refractivity contribution is 0.0625. The molecule has 2 rings (SSSR count). The molecule has 1 aliphatic heterocycles. The van der Waals surface area contributed by atoms with Gasteiger partial charge in [-0.3, -0.25) is 0 Å². The molecule has 0 amide bonds. The Morgan fingerprint density at radius 1 is 1.56 bits per heavy atom. The Kier molecular flexibility index (Phi) is 7.91. The van der Waals surface area contributed by atoms with E-state index in [0.29, 0.717) is 0 Å². The van der Waals surface area contributed by atoms with Gasteiger partial charge in [-0.2, -0.15) is 0 Å². The van der Waals surface area contributed by atoms with Crippen LogP contribution in [0.5, 0.6) is 0 Å². The van der Waals surface area contributed by atoms with Crippen LogP contribution in [0.25, 0.3) is 0 Å². The van der Waals surface area contributed by atoms with Crippen molar-refractivity contribution >= 4 is 23.7 Å². The Hall–Kier alpha value is -0.0900. The van der Waals surface area contributed by atoms with Crippen LogP contribution in [0.15, 0.2) is 17.5 Å². The van der Waals surface area contributed by atoms with Crippen molar-refractivity contribution in [1.82, 2.24) is 5.32 Å². The van der Waals surface area contributed by atoms with Gasteiger partial charge in [0.15, 0.2) is 0 Å². The van der Waals surface area contributed by atoms with E-state index in [9.17, 15) is 0 Å². The number of hydrogen-bond acceptors (Lipinski definition) is 3. The summed E-state index contributed by atoms with van der Waals surface area (Å²) in [6.07, 6.45) is 5.51. The highest BCUT2D eigenvalue weighted by Crippen LogP contribution is 2.22. The first-order valence-corrected chi connectivity index (χ1v) is 7.60. The summed E-state index contributed by atoms with van der Waals surface area (Å²) in [5.74, 6) is 0.879. The lowest BCUT2D eigenvalue weighted by Gasteiger charge is -2.22. The summed E-state index contributed by atoms with van der Waals surface area (Å²) in [6.45, 7) is 5.46. The number of ether oxygens (including phenoxy) is 1. The maximum atomic E-state index is 5.87. The van der Waals surface area contributed by atoms with Crippen molar-refractivity contribution in [3.8, 4) is 0 Å². The van der Waals surface area contributed by atoms with Crippen molar-refractivity contribution in [3.05, 3.63) is 22.4 Å². The van der Waals surface area contributed by atoms with Crippen LogP contribution in [-0.4, -0.2) is 19.7 Å². The number of hydrogen-bond donors (Lipinski definition) is 1. The van der Waals surface area contributed by atoms with Crippen LogP contribution in [0.4, 0.5) is 0 Å². The molecule has 104 valence electrons. The summed E-state index contributed by atoms with van der Waals surface area (Å²) < 4.78 is 5.87. The Bertz CT molecular complexity index is 299. The topological polar surface area (TPSA) is 21.3 Å². The van der Waals surface area contributed by atoms with Gasteiger partial charge < -0.3 is 10.1 Å². The molecular weight excluding hydrogens is 266 g/mol. The average molecular weight is 290 g/mol. The van der Waals surface area contributed by atoms with Gasteiger partial charge in [-0.25, -0.2) is 0 Å². The third kappa shape index (κ3) is 5.27. The number of halogens is 1. The quantitative estimate of drug-likeness (QED) is 0.799. The first kappa shape index (κ1) is 16.0. The van der Waals surface area contributed by atoms with Crippen LogP contribution in [0.3, 0.4) is 0 Å². The Labute approximate surface area is 121 Å². The predicted molar refractivity (Wildman–Crippen MR) is 80.8 cm³/mol. The van der Waals surface area contributed by atoms with Crippen molar-refractivity contribution in [2.75, 3.05) is 19.7 Å². The van der Waals surface area contributed by atoms with Crippen LogP contribution >= 0.6 is 23.7 Å². The second kappa shape index (κ2) is 8.92. The van der Waals surface area contributed by atoms with E-state index in [1.165, 1.54) is 43.6 Å². The molecule has 18 heavy (non-hydrogen) atoms. The van der Waals surface area contributed by atoms with Gasteiger partial charge in [0, 0.05) is 11.5 Å². The first-order chi connectivity index (χ1) is 8.36. The highest BCUT2D eigenvalue weighted by Gasteiger charge is 2.12. The van der Waals surface area contributed by atoms with E-state index < -0.39 is 0 Å². The molecule has 0 bridgehead atoms. The van der Waals surface area contributed by atoms with Crippen LogP contribution in [0, 0.1) is 5.92 Å². The van der Waals surface area contributed by atoms with Crippen molar-refractivity contribution in [3.63, 3.8) is 0 Å². The predicted octanol–water partition coefficient (Wildman–Crippen LogP) is 4.03. The molecule has 1 aromatic rings. The molecule has 2 atom stereocenters. The Balaban J connectivity index is 0.00000162. The molecule has 2 heterocycles. The molecule has 1 N–H and O–H groups in total. The van der Waals surface area contributed by atoms with Crippen molar-refractivity contribution in [1.29, 1.82) is 0 Å². The van der Waals surface area contributed by atoms with E-state index >= 15 is 0 Å². The summed E-state index contributed by atoms with van der Waals surface area (Å²) >= 11 is 1.78. The van der Waals surface area contributed by atoms with Gasteiger partial charge in [-0.1, -0.05) is 6.07 Å². The first-order valence-electron chi connectivity index (χ1n) is 6.72. The maximum absolute atomic E-state index is 5.87. The molecule has 1 aliphatic rings. The minimum atomic E-state index is 0. The molecule has 2 unspecified atom stereocenters. The van der Waals surface area contributed by atoms with Crippen LogP contribution in [-0.2, 0) is 4.74 Å². The van der Waals surface area contributed by atoms with Gasteiger partial charge in [0.05, 0.1) is 6.10 Å². The standard InChI is InChI=1S/C14H23NOS.ClH/c1-12(14-7-4-10-17-14)16-9-3-6-13-5-2-8-15-11-13;/h4,7,10,12-13,15H,2-3,5-6,8-9,11H2,1H3;1H. The highest BCUT2D eigenvalue weighted by atomic mass is 35.5. The summed E-state index contributed by atoms with van der Waals surface area (Å²) in [5, 5.41) is 5.58. The highest BCUT2D eigenvalue weighted by molar-refractivity contribution is 7.10. The van der Waals surface area contributed by atoms with E-state index in [1.807, 2.05) is 0 Å². The zero-order valence-electron chi connectivity index (χ0n) is 11.1. The zero-order chi connectivity index (χ0) is 11.9. The van der Waals surface area contributed by atoms with E-state index in [4.69, 9.17) is 4.74 Å². The number of piperidine rings is 1. The van der Waals surface area contributed by atoms with Crippen molar-refractivity contribution in [2.45, 2.75) is 38.7 Å². The van der Waals surface area contributed by atoms with E-state index in [2.05, 4.69) is 29.8 Å². The number of rotatable bonds is 6. The second-order valence-corrected chi connectivity index (χ2v) is 5.86. The maximum Gasteiger partial charge on any atom is 0.0888 e. The Morgan fingerprint density at radius 2 is 2.44 bits per heavy atom. The molecular formula is C14H24ClNOS. The average Bonchev–Trinajstić information content (AvgIpc) is 2.89. The SMILES string of the molecule is CC(OCCCC1CCCNC1)c1cccs1.Cl. The largest absolute Gasteiger partial charge is 0.373 e. The Morgan fingerprint density at radius 3 is 3.11 bits per heavy atom. The minimum Gasteiger partial charge on any atom is -0.373 e. The molecule has 1 aromatic heterocycles. The smallest absolute Gasteiger partial charge is 0.0888 e. The van der Waals surface area contributed by atoms with Crippen molar-refractivity contribution < 1.29 is 4.74 Å². The van der Waals surface area contributed by atoms with Crippen LogP contribution in [0.2, 0.25) is 0 Å². The van der Waals surface area contributed by atoms with Gasteiger partial charge >= 0.3 is 0 Å². The molecule has 0 aliphatic carbocycles. The van der Waals surface area contributed by atoms with Gasteiger partial charge in [0.25, 0.3) is 0 Å². The third-order valence-corrected chi connectivity index (χ3v) is 4.50. The van der Waals surface area contributed by atoms with Crippen molar-refractivity contribution in [2.24, 2.45) is 5.92 Å². The normalized spacial score (nSPS) is 21.3. The van der Waals surface area contributed by atoms with Gasteiger partial charge in [-0.15, -0.1) is 23.7 Å². The van der Waals surface area contributed by atoms with Gasteiger partial charge in [0.1, 0.15) is 0 Å². The molecule has 0 aromatic carbocycles. The molecule has 0 saturated carbocycles. The van der Waals surface area contributed by atoms with Gasteiger partial charge in [0.2, 0.25) is 0 Å². The summed E-state index contributed by atoms with van der Waals surface area (Å²) in [6, 6.07) is 4.24. The fourth-order valence-corrected chi connectivity index (χ4v) is 3.14. The lowest BCUT2D eigenvalue weighted by atomic mass is 9.95. The molecule has 2 nitrogen and oxygen atoms in total. The minimum absolute atomic E-state index is 0. The van der Waals surface area contributed by atoms with E-state index in [-0.39, 0.29) is 18.5 Å². The van der Waals surface area contributed by atoms with Crippen LogP contribution in [0.1, 0.15) is 43.6 Å². The second-order valence-electron chi connectivity index (χ2n) is 4.88. The van der Waals surface area contributed by atoms with Gasteiger partial charge in [-0.05, 0) is 63.1 Å². The van der Waals surface area contributed by atoms with Crippen LogP contribution < -0.4 is 5.32 Å².